The van der Waals surface area contributed by atoms with E-state index in [1.54, 1.807) is 0 Å². The number of carbonyl (C=O) groups is 1. The fourth-order valence-corrected chi connectivity index (χ4v) is 2.32. The number of rotatable bonds is 3. The van der Waals surface area contributed by atoms with E-state index in [0.717, 1.165) is 18.5 Å². The van der Waals surface area contributed by atoms with Crippen molar-refractivity contribution in [1.82, 2.24) is 4.90 Å². The maximum absolute atomic E-state index is 12.0. The zero-order valence-corrected chi connectivity index (χ0v) is 10.2. The van der Waals surface area contributed by atoms with Gasteiger partial charge in [0.05, 0.1) is 6.42 Å². The highest BCUT2D eigenvalue weighted by molar-refractivity contribution is 5.79. The molecule has 1 fully saturated rings. The molecule has 3 nitrogen and oxygen atoms in total. The standard InChI is InChI=1S/C14H19NO2/c1-11-3-2-4-12(7-11)8-14(17)15-6-5-13(9-15)10-16/h2-4,7,13,16H,5-6,8-10H2,1H3. The van der Waals surface area contributed by atoms with E-state index >= 15 is 0 Å². The molecule has 3 heteroatoms. The molecule has 1 aliphatic rings. The van der Waals surface area contributed by atoms with Gasteiger partial charge < -0.3 is 10.0 Å². The van der Waals surface area contributed by atoms with Crippen molar-refractivity contribution in [3.8, 4) is 0 Å². The Bertz CT molecular complexity index is 403. The highest BCUT2D eigenvalue weighted by Crippen LogP contribution is 2.17. The zero-order valence-electron chi connectivity index (χ0n) is 10.2. The quantitative estimate of drug-likeness (QED) is 0.856. The van der Waals surface area contributed by atoms with E-state index in [1.165, 1.54) is 5.56 Å². The van der Waals surface area contributed by atoms with Gasteiger partial charge in [-0.2, -0.15) is 0 Å². The smallest absolute Gasteiger partial charge is 0.227 e. The molecule has 0 bridgehead atoms. The minimum atomic E-state index is 0.173. The Labute approximate surface area is 102 Å². The lowest BCUT2D eigenvalue weighted by Crippen LogP contribution is -2.30. The summed E-state index contributed by atoms with van der Waals surface area (Å²) in [5.74, 6) is 0.447. The molecule has 1 unspecified atom stereocenters. The third-order valence-corrected chi connectivity index (χ3v) is 3.33. The minimum Gasteiger partial charge on any atom is -0.396 e. The molecule has 1 aromatic carbocycles. The molecule has 0 spiro atoms. The van der Waals surface area contributed by atoms with E-state index in [0.29, 0.717) is 13.0 Å². The molecule has 92 valence electrons. The Kier molecular flexibility index (Phi) is 3.79. The lowest BCUT2D eigenvalue weighted by molar-refractivity contribution is -0.129. The van der Waals surface area contributed by atoms with Crippen LogP contribution in [-0.4, -0.2) is 35.6 Å². The predicted molar refractivity (Wildman–Crippen MR) is 66.7 cm³/mol. The normalized spacial score (nSPS) is 19.6. The third kappa shape index (κ3) is 3.07. The van der Waals surface area contributed by atoms with Gasteiger partial charge in [0.2, 0.25) is 5.91 Å². The average Bonchev–Trinajstić information content (AvgIpc) is 2.77. The second-order valence-electron chi connectivity index (χ2n) is 4.84. The van der Waals surface area contributed by atoms with Crippen molar-refractivity contribution >= 4 is 5.91 Å². The summed E-state index contributed by atoms with van der Waals surface area (Å²) in [6, 6.07) is 8.06. The van der Waals surface area contributed by atoms with Crippen molar-refractivity contribution in [2.75, 3.05) is 19.7 Å². The number of amides is 1. The lowest BCUT2D eigenvalue weighted by atomic mass is 10.1. The van der Waals surface area contributed by atoms with Crippen molar-refractivity contribution in [3.05, 3.63) is 35.4 Å². The topological polar surface area (TPSA) is 40.5 Å². The number of aryl methyl sites for hydroxylation is 1. The summed E-state index contributed by atoms with van der Waals surface area (Å²) < 4.78 is 0. The van der Waals surface area contributed by atoms with Crippen molar-refractivity contribution in [2.45, 2.75) is 19.8 Å². The summed E-state index contributed by atoms with van der Waals surface area (Å²) in [7, 11) is 0. The monoisotopic (exact) mass is 233 g/mol. The molecule has 1 saturated heterocycles. The summed E-state index contributed by atoms with van der Waals surface area (Å²) >= 11 is 0. The summed E-state index contributed by atoms with van der Waals surface area (Å²) in [4.78, 5) is 13.9. The van der Waals surface area contributed by atoms with Gasteiger partial charge in [-0.3, -0.25) is 4.79 Å². The van der Waals surface area contributed by atoms with Crippen molar-refractivity contribution in [2.24, 2.45) is 5.92 Å². The number of carbonyl (C=O) groups excluding carboxylic acids is 1. The summed E-state index contributed by atoms with van der Waals surface area (Å²) in [5, 5.41) is 9.05. The van der Waals surface area contributed by atoms with Crippen LogP contribution in [0.5, 0.6) is 0 Å². The van der Waals surface area contributed by atoms with Crippen LogP contribution in [0, 0.1) is 12.8 Å². The van der Waals surface area contributed by atoms with Crippen molar-refractivity contribution in [3.63, 3.8) is 0 Å². The number of aliphatic hydroxyl groups is 1. The van der Waals surface area contributed by atoms with E-state index in [9.17, 15) is 4.79 Å². The van der Waals surface area contributed by atoms with Crippen LogP contribution in [0.15, 0.2) is 24.3 Å². The highest BCUT2D eigenvalue weighted by Gasteiger charge is 2.25. The Morgan fingerprint density at radius 1 is 1.53 bits per heavy atom. The summed E-state index contributed by atoms with van der Waals surface area (Å²) in [5.41, 5.74) is 2.26. The molecule has 1 aromatic rings. The number of nitrogens with zero attached hydrogens (tertiary/aromatic N) is 1. The molecule has 2 rings (SSSR count). The maximum Gasteiger partial charge on any atom is 0.227 e. The Morgan fingerprint density at radius 3 is 3.00 bits per heavy atom. The van der Waals surface area contributed by atoms with Gasteiger partial charge in [0.1, 0.15) is 0 Å². The van der Waals surface area contributed by atoms with E-state index in [1.807, 2.05) is 30.0 Å². The van der Waals surface area contributed by atoms with Gasteiger partial charge in [-0.25, -0.2) is 0 Å². The number of aliphatic hydroxyl groups excluding tert-OH is 1. The average molecular weight is 233 g/mol. The van der Waals surface area contributed by atoms with E-state index < -0.39 is 0 Å². The van der Waals surface area contributed by atoms with Crippen molar-refractivity contribution < 1.29 is 9.90 Å². The summed E-state index contributed by atoms with van der Waals surface area (Å²) in [6.45, 7) is 3.72. The van der Waals surface area contributed by atoms with Crippen LogP contribution >= 0.6 is 0 Å². The predicted octanol–water partition coefficient (Wildman–Crippen LogP) is 1.38. The molecular weight excluding hydrogens is 214 g/mol. The van der Waals surface area contributed by atoms with Gasteiger partial charge in [-0.1, -0.05) is 29.8 Å². The van der Waals surface area contributed by atoms with Crippen LogP contribution in [-0.2, 0) is 11.2 Å². The number of likely N-dealkylation sites (tertiary alicyclic amines) is 1. The Hall–Kier alpha value is -1.35. The highest BCUT2D eigenvalue weighted by atomic mass is 16.3. The van der Waals surface area contributed by atoms with Crippen LogP contribution in [0.25, 0.3) is 0 Å². The molecular formula is C14H19NO2. The van der Waals surface area contributed by atoms with Crippen LogP contribution in [0.4, 0.5) is 0 Å². The zero-order chi connectivity index (χ0) is 12.3. The van der Waals surface area contributed by atoms with Crippen LogP contribution in [0.3, 0.4) is 0 Å². The molecule has 1 atom stereocenters. The van der Waals surface area contributed by atoms with Crippen LogP contribution in [0.1, 0.15) is 17.5 Å². The van der Waals surface area contributed by atoms with Gasteiger partial charge in [0.15, 0.2) is 0 Å². The fourth-order valence-electron chi connectivity index (χ4n) is 2.32. The first-order valence-electron chi connectivity index (χ1n) is 6.13. The minimum absolute atomic E-state index is 0.173. The maximum atomic E-state index is 12.0. The number of benzene rings is 1. The molecule has 0 radical (unpaired) electrons. The molecule has 0 aromatic heterocycles. The van der Waals surface area contributed by atoms with Gasteiger partial charge in [0.25, 0.3) is 0 Å². The first kappa shape index (κ1) is 12.1. The second-order valence-corrected chi connectivity index (χ2v) is 4.84. The van der Waals surface area contributed by atoms with Gasteiger partial charge in [0, 0.05) is 25.6 Å². The molecule has 17 heavy (non-hydrogen) atoms. The molecule has 0 saturated carbocycles. The van der Waals surface area contributed by atoms with Crippen LogP contribution in [0.2, 0.25) is 0 Å². The Balaban J connectivity index is 1.93. The van der Waals surface area contributed by atoms with Crippen molar-refractivity contribution in [1.29, 1.82) is 0 Å². The fraction of sp³-hybridized carbons (Fsp3) is 0.500. The molecule has 1 N–H and O–H groups in total. The number of hydrogen-bond acceptors (Lipinski definition) is 2. The lowest BCUT2D eigenvalue weighted by Gasteiger charge is -2.16. The largest absolute Gasteiger partial charge is 0.396 e. The van der Waals surface area contributed by atoms with E-state index in [-0.39, 0.29) is 18.4 Å². The molecule has 1 heterocycles. The SMILES string of the molecule is Cc1cccc(CC(=O)N2CCC(CO)C2)c1. The molecule has 0 aliphatic carbocycles. The Morgan fingerprint density at radius 2 is 2.35 bits per heavy atom. The first-order valence-corrected chi connectivity index (χ1v) is 6.13. The third-order valence-electron chi connectivity index (χ3n) is 3.33. The first-order chi connectivity index (χ1) is 8.19. The van der Waals surface area contributed by atoms with E-state index in [2.05, 4.69) is 6.07 Å². The van der Waals surface area contributed by atoms with Gasteiger partial charge >= 0.3 is 0 Å². The van der Waals surface area contributed by atoms with Gasteiger partial charge in [-0.15, -0.1) is 0 Å². The molecule has 1 amide bonds. The van der Waals surface area contributed by atoms with Gasteiger partial charge in [-0.05, 0) is 18.9 Å². The number of hydrogen-bond donors (Lipinski definition) is 1. The second kappa shape index (κ2) is 5.32. The van der Waals surface area contributed by atoms with E-state index in [4.69, 9.17) is 5.11 Å². The summed E-state index contributed by atoms with van der Waals surface area (Å²) in [6.07, 6.45) is 1.40. The molecule has 1 aliphatic heterocycles. The van der Waals surface area contributed by atoms with Crippen LogP contribution < -0.4 is 0 Å².